The molecule has 1 aliphatic heterocycles. The van der Waals surface area contributed by atoms with Crippen LogP contribution in [0.15, 0.2) is 23.8 Å². The van der Waals surface area contributed by atoms with Gasteiger partial charge >= 0.3 is 0 Å². The van der Waals surface area contributed by atoms with Crippen molar-refractivity contribution in [2.75, 3.05) is 31.2 Å². The third-order valence-corrected chi connectivity index (χ3v) is 4.57. The number of hydrogen-bond donors (Lipinski definition) is 2. The molecule has 0 atom stereocenters. The van der Waals surface area contributed by atoms with Crippen LogP contribution < -0.4 is 15.8 Å². The molecule has 2 aromatic rings. The van der Waals surface area contributed by atoms with Gasteiger partial charge in [0.15, 0.2) is 5.13 Å². The highest BCUT2D eigenvalue weighted by Crippen LogP contribution is 2.21. The largest absolute Gasteiger partial charge is 0.378 e. The molecule has 0 saturated carbocycles. The Morgan fingerprint density at radius 1 is 1.28 bits per heavy atom. The van der Waals surface area contributed by atoms with Gasteiger partial charge in [-0.05, 0) is 12.5 Å². The summed E-state index contributed by atoms with van der Waals surface area (Å²) in [6.07, 6.45) is 4.48. The van der Waals surface area contributed by atoms with E-state index in [9.17, 15) is 9.59 Å². The van der Waals surface area contributed by atoms with Crippen LogP contribution in [0.1, 0.15) is 23.3 Å². The van der Waals surface area contributed by atoms with E-state index in [0.29, 0.717) is 38.3 Å². The third-order valence-electron chi connectivity index (χ3n) is 3.67. The van der Waals surface area contributed by atoms with Gasteiger partial charge in [0.05, 0.1) is 13.2 Å². The summed E-state index contributed by atoms with van der Waals surface area (Å²) in [4.78, 5) is 30.2. The Morgan fingerprint density at radius 3 is 2.88 bits per heavy atom. The molecule has 25 heavy (non-hydrogen) atoms. The van der Waals surface area contributed by atoms with Gasteiger partial charge < -0.3 is 9.64 Å². The van der Waals surface area contributed by atoms with E-state index in [0.717, 1.165) is 18.2 Å². The fourth-order valence-electron chi connectivity index (χ4n) is 2.36. The minimum absolute atomic E-state index is 0.246. The summed E-state index contributed by atoms with van der Waals surface area (Å²) in [6, 6.07) is 1.83. The zero-order valence-corrected chi connectivity index (χ0v) is 14.5. The van der Waals surface area contributed by atoms with Crippen LogP contribution in [-0.2, 0) is 16.1 Å². The van der Waals surface area contributed by atoms with Crippen molar-refractivity contribution < 1.29 is 14.3 Å². The molecule has 9 nitrogen and oxygen atoms in total. The highest BCUT2D eigenvalue weighted by molar-refractivity contribution is 7.13. The molecule has 134 valence electrons. The summed E-state index contributed by atoms with van der Waals surface area (Å²) in [5.74, 6) is -0.666. The Hall–Kier alpha value is -2.46. The minimum Gasteiger partial charge on any atom is -0.378 e. The molecule has 2 amide bonds. The lowest BCUT2D eigenvalue weighted by atomic mass is 10.3. The number of anilines is 1. The number of hydrogen-bond acceptors (Lipinski definition) is 7. The first kappa shape index (κ1) is 17.4. The second-order valence-corrected chi connectivity index (χ2v) is 6.33. The number of carbonyl (C=O) groups excluding carboxylic acids is 2. The fraction of sp³-hybridized carbons (Fsp3) is 0.467. The van der Waals surface area contributed by atoms with Crippen molar-refractivity contribution >= 4 is 28.3 Å². The summed E-state index contributed by atoms with van der Waals surface area (Å²) in [6.45, 7) is 3.51. The maximum absolute atomic E-state index is 12.1. The molecule has 3 heterocycles. The molecule has 2 aromatic heterocycles. The van der Waals surface area contributed by atoms with E-state index < -0.39 is 5.91 Å². The number of rotatable bonds is 6. The van der Waals surface area contributed by atoms with Gasteiger partial charge in [-0.1, -0.05) is 0 Å². The highest BCUT2D eigenvalue weighted by atomic mass is 32.1. The van der Waals surface area contributed by atoms with Crippen LogP contribution >= 0.6 is 11.3 Å². The lowest BCUT2D eigenvalue weighted by Gasteiger charge is -2.25. The van der Waals surface area contributed by atoms with Crippen molar-refractivity contribution in [3.8, 4) is 0 Å². The van der Waals surface area contributed by atoms with Gasteiger partial charge in [-0.3, -0.25) is 25.1 Å². The van der Waals surface area contributed by atoms with Crippen LogP contribution in [0.3, 0.4) is 0 Å². The van der Waals surface area contributed by atoms with Crippen LogP contribution in [0.25, 0.3) is 0 Å². The van der Waals surface area contributed by atoms with Crippen LogP contribution in [0.5, 0.6) is 0 Å². The Kier molecular flexibility index (Phi) is 5.96. The summed E-state index contributed by atoms with van der Waals surface area (Å²) in [5.41, 5.74) is 5.11. The summed E-state index contributed by atoms with van der Waals surface area (Å²) in [7, 11) is 0. The quantitative estimate of drug-likeness (QED) is 0.721. The number of morpholine rings is 1. The first-order chi connectivity index (χ1) is 12.2. The van der Waals surface area contributed by atoms with E-state index in [2.05, 4.69) is 25.8 Å². The molecule has 3 rings (SSSR count). The first-order valence-electron chi connectivity index (χ1n) is 8.07. The Balaban J connectivity index is 1.39. The van der Waals surface area contributed by atoms with Gasteiger partial charge in [0.2, 0.25) is 5.91 Å². The van der Waals surface area contributed by atoms with Crippen molar-refractivity contribution in [2.24, 2.45) is 0 Å². The van der Waals surface area contributed by atoms with Crippen LogP contribution in [0, 0.1) is 0 Å². The SMILES string of the molecule is O=C(CCCn1cccn1)NNC(=O)c1csc(N2CCOCC2)n1. The molecular weight excluding hydrogens is 344 g/mol. The maximum Gasteiger partial charge on any atom is 0.289 e. The number of nitrogens with one attached hydrogen (secondary N) is 2. The highest BCUT2D eigenvalue weighted by Gasteiger charge is 2.17. The Morgan fingerprint density at radius 2 is 2.12 bits per heavy atom. The molecule has 1 fully saturated rings. The monoisotopic (exact) mass is 364 g/mol. The number of nitrogens with zero attached hydrogens (tertiary/aromatic N) is 4. The molecule has 0 radical (unpaired) electrons. The molecule has 1 aliphatic rings. The van der Waals surface area contributed by atoms with Gasteiger partial charge in [-0.2, -0.15) is 5.10 Å². The van der Waals surface area contributed by atoms with Crippen molar-refractivity contribution in [1.29, 1.82) is 0 Å². The Labute approximate surface area is 149 Å². The van der Waals surface area contributed by atoms with E-state index in [-0.39, 0.29) is 5.91 Å². The van der Waals surface area contributed by atoms with Crippen molar-refractivity contribution in [3.05, 3.63) is 29.5 Å². The molecule has 1 saturated heterocycles. The van der Waals surface area contributed by atoms with Crippen LogP contribution in [0.4, 0.5) is 5.13 Å². The Bertz CT molecular complexity index is 696. The number of ether oxygens (including phenoxy) is 1. The number of aromatic nitrogens is 3. The van der Waals surface area contributed by atoms with Crippen LogP contribution in [0.2, 0.25) is 0 Å². The molecule has 0 bridgehead atoms. The second kappa shape index (κ2) is 8.58. The topological polar surface area (TPSA) is 101 Å². The lowest BCUT2D eigenvalue weighted by molar-refractivity contribution is -0.122. The standard InChI is InChI=1S/C15H20N6O3S/c22-13(3-1-5-21-6-2-4-16-21)18-19-14(23)12-11-25-15(17-12)20-7-9-24-10-8-20/h2,4,6,11H,1,3,5,7-10H2,(H,18,22)(H,19,23). The van der Waals surface area contributed by atoms with Gasteiger partial charge in [-0.15, -0.1) is 11.3 Å². The molecule has 10 heteroatoms. The normalized spacial score (nSPS) is 14.3. The van der Waals surface area contributed by atoms with Gasteiger partial charge in [0, 0.05) is 43.8 Å². The minimum atomic E-state index is -0.420. The first-order valence-corrected chi connectivity index (χ1v) is 8.95. The van der Waals surface area contributed by atoms with Crippen molar-refractivity contribution in [3.63, 3.8) is 0 Å². The van der Waals surface area contributed by atoms with E-state index in [1.807, 2.05) is 12.3 Å². The van der Waals surface area contributed by atoms with Gasteiger partial charge in [0.25, 0.3) is 5.91 Å². The second-order valence-electron chi connectivity index (χ2n) is 5.49. The third kappa shape index (κ3) is 5.00. The number of amides is 2. The summed E-state index contributed by atoms with van der Waals surface area (Å²) in [5, 5.41) is 6.54. The predicted octanol–water partition coefficient (Wildman–Crippen LogP) is 0.418. The average Bonchev–Trinajstić information content (AvgIpc) is 3.32. The number of aryl methyl sites for hydroxylation is 1. The van der Waals surface area contributed by atoms with Gasteiger partial charge in [0.1, 0.15) is 5.69 Å². The lowest BCUT2D eigenvalue weighted by Crippen LogP contribution is -2.41. The molecule has 0 spiro atoms. The predicted molar refractivity (Wildman–Crippen MR) is 92.2 cm³/mol. The van der Waals surface area contributed by atoms with E-state index in [4.69, 9.17) is 4.74 Å². The maximum atomic E-state index is 12.1. The molecule has 0 aromatic carbocycles. The number of hydrazine groups is 1. The van der Waals surface area contributed by atoms with E-state index >= 15 is 0 Å². The molecule has 0 aliphatic carbocycles. The molecule has 0 unspecified atom stereocenters. The summed E-state index contributed by atoms with van der Waals surface area (Å²) < 4.78 is 7.06. The van der Waals surface area contributed by atoms with Crippen LogP contribution in [-0.4, -0.2) is 52.9 Å². The number of carbonyl (C=O) groups is 2. The summed E-state index contributed by atoms with van der Waals surface area (Å²) >= 11 is 1.41. The van der Waals surface area contributed by atoms with Crippen molar-refractivity contribution in [2.45, 2.75) is 19.4 Å². The fourth-order valence-corrected chi connectivity index (χ4v) is 3.22. The average molecular weight is 364 g/mol. The molecular formula is C15H20N6O3S. The van der Waals surface area contributed by atoms with E-state index in [1.165, 1.54) is 11.3 Å². The van der Waals surface area contributed by atoms with Gasteiger partial charge in [-0.25, -0.2) is 4.98 Å². The van der Waals surface area contributed by atoms with Crippen molar-refractivity contribution in [1.82, 2.24) is 25.6 Å². The number of thiazole rings is 1. The molecule has 2 N–H and O–H groups in total. The zero-order chi connectivity index (χ0) is 17.5. The smallest absolute Gasteiger partial charge is 0.289 e. The van der Waals surface area contributed by atoms with E-state index in [1.54, 1.807) is 16.3 Å². The zero-order valence-electron chi connectivity index (χ0n) is 13.7.